The van der Waals surface area contributed by atoms with Crippen LogP contribution in [-0.4, -0.2) is 21.0 Å². The van der Waals surface area contributed by atoms with E-state index in [0.29, 0.717) is 6.42 Å². The molecule has 1 heterocycles. The van der Waals surface area contributed by atoms with Crippen molar-refractivity contribution in [1.82, 2.24) is 9.55 Å². The van der Waals surface area contributed by atoms with Gasteiger partial charge in [-0.15, -0.1) is 0 Å². The van der Waals surface area contributed by atoms with E-state index in [1.807, 2.05) is 48.0 Å². The van der Waals surface area contributed by atoms with E-state index in [0.717, 1.165) is 11.4 Å². The maximum absolute atomic E-state index is 11.4. The molecule has 0 saturated carbocycles. The number of hydrogen-bond acceptors (Lipinski definition) is 3. The smallest absolute Gasteiger partial charge is 0.237 e. The molecule has 0 aliphatic rings. The van der Waals surface area contributed by atoms with Gasteiger partial charge in [0, 0.05) is 24.0 Å². The molecule has 1 amide bonds. The highest BCUT2D eigenvalue weighted by atomic mass is 16.1. The average molecular weight is 272 g/mol. The third kappa shape index (κ3) is 2.88. The van der Waals surface area contributed by atoms with E-state index in [-0.39, 0.29) is 6.04 Å². The maximum atomic E-state index is 11.4. The van der Waals surface area contributed by atoms with Gasteiger partial charge in [0.2, 0.25) is 5.91 Å². The van der Waals surface area contributed by atoms with Crippen molar-refractivity contribution >= 4 is 5.91 Å². The van der Waals surface area contributed by atoms with Crippen LogP contribution < -0.4 is 11.5 Å². The normalized spacial score (nSPS) is 15.6. The Morgan fingerprint density at radius 1 is 1.40 bits per heavy atom. The second kappa shape index (κ2) is 5.46. The van der Waals surface area contributed by atoms with Gasteiger partial charge in [-0.1, -0.05) is 30.3 Å². The van der Waals surface area contributed by atoms with Gasteiger partial charge in [0.1, 0.15) is 5.82 Å². The van der Waals surface area contributed by atoms with E-state index in [4.69, 9.17) is 11.5 Å². The number of aromatic nitrogens is 2. The van der Waals surface area contributed by atoms with Crippen molar-refractivity contribution in [2.24, 2.45) is 11.5 Å². The van der Waals surface area contributed by atoms with E-state index in [9.17, 15) is 4.79 Å². The summed E-state index contributed by atoms with van der Waals surface area (Å²) in [5, 5.41) is 0. The van der Waals surface area contributed by atoms with Crippen LogP contribution in [0.15, 0.2) is 42.7 Å². The zero-order chi connectivity index (χ0) is 14.8. The molecule has 2 aromatic rings. The predicted molar refractivity (Wildman–Crippen MR) is 78.8 cm³/mol. The molecule has 0 aliphatic heterocycles. The molecule has 2 unspecified atom stereocenters. The number of carbonyl (C=O) groups is 1. The minimum absolute atomic E-state index is 0.0233. The predicted octanol–water partition coefficient (Wildman–Crippen LogP) is 1.70. The Kier molecular flexibility index (Phi) is 3.90. The highest BCUT2D eigenvalue weighted by Crippen LogP contribution is 2.25. The Balaban J connectivity index is 2.27. The van der Waals surface area contributed by atoms with Gasteiger partial charge in [0.05, 0.1) is 5.54 Å². The van der Waals surface area contributed by atoms with Crippen LogP contribution >= 0.6 is 0 Å². The summed E-state index contributed by atoms with van der Waals surface area (Å²) >= 11 is 0. The number of nitrogens with zero attached hydrogens (tertiary/aromatic N) is 2. The van der Waals surface area contributed by atoms with Crippen LogP contribution in [-0.2, 0) is 4.79 Å². The van der Waals surface area contributed by atoms with Gasteiger partial charge in [-0.2, -0.15) is 0 Å². The molecule has 20 heavy (non-hydrogen) atoms. The lowest BCUT2D eigenvalue weighted by molar-refractivity contribution is -0.123. The van der Waals surface area contributed by atoms with Crippen LogP contribution in [0.5, 0.6) is 0 Å². The highest BCUT2D eigenvalue weighted by Gasteiger charge is 2.29. The lowest BCUT2D eigenvalue weighted by Crippen LogP contribution is -2.50. The summed E-state index contributed by atoms with van der Waals surface area (Å²) in [6.45, 7) is 3.66. The first kappa shape index (κ1) is 14.3. The van der Waals surface area contributed by atoms with Gasteiger partial charge >= 0.3 is 0 Å². The number of rotatable bonds is 5. The first-order valence-corrected chi connectivity index (χ1v) is 6.59. The Hall–Kier alpha value is -2.14. The van der Waals surface area contributed by atoms with E-state index >= 15 is 0 Å². The van der Waals surface area contributed by atoms with Gasteiger partial charge in [0.25, 0.3) is 0 Å². The Bertz CT molecular complexity index is 589. The van der Waals surface area contributed by atoms with Crippen LogP contribution in [0.3, 0.4) is 0 Å². The molecule has 0 spiro atoms. The van der Waals surface area contributed by atoms with Gasteiger partial charge in [-0.3, -0.25) is 4.79 Å². The quantitative estimate of drug-likeness (QED) is 0.868. The number of primary amides is 1. The van der Waals surface area contributed by atoms with Crippen LogP contribution in [0.1, 0.15) is 26.3 Å². The Labute approximate surface area is 118 Å². The summed E-state index contributed by atoms with van der Waals surface area (Å²) < 4.78 is 2.02. The van der Waals surface area contributed by atoms with Crippen molar-refractivity contribution in [2.45, 2.75) is 31.8 Å². The summed E-state index contributed by atoms with van der Waals surface area (Å²) in [4.78, 5) is 15.7. The maximum Gasteiger partial charge on any atom is 0.237 e. The number of carbonyl (C=O) groups excluding carboxylic acids is 1. The standard InChI is InChI=1S/C15H20N4O/c1-11(10-15(2,17)14(16)20)19-9-8-18-13(19)12-6-4-3-5-7-12/h3-9,11H,10,17H2,1-2H3,(H2,16,20). The summed E-state index contributed by atoms with van der Waals surface area (Å²) in [7, 11) is 0. The van der Waals surface area contributed by atoms with E-state index in [2.05, 4.69) is 4.98 Å². The zero-order valence-electron chi connectivity index (χ0n) is 11.8. The molecular weight excluding hydrogens is 252 g/mol. The summed E-state index contributed by atoms with van der Waals surface area (Å²) in [6.07, 6.45) is 4.10. The summed E-state index contributed by atoms with van der Waals surface area (Å²) in [5.41, 5.74) is 11.3. The second-order valence-corrected chi connectivity index (χ2v) is 5.36. The molecule has 0 aliphatic carbocycles. The van der Waals surface area contributed by atoms with Crippen molar-refractivity contribution < 1.29 is 4.79 Å². The molecule has 0 fully saturated rings. The number of hydrogen-bond donors (Lipinski definition) is 2. The molecule has 5 nitrogen and oxygen atoms in total. The molecule has 2 rings (SSSR count). The fraction of sp³-hybridized carbons (Fsp3) is 0.333. The van der Waals surface area contributed by atoms with Gasteiger partial charge < -0.3 is 16.0 Å². The first-order chi connectivity index (χ1) is 9.42. The Morgan fingerprint density at radius 2 is 2.05 bits per heavy atom. The molecule has 1 aromatic heterocycles. The fourth-order valence-electron chi connectivity index (χ4n) is 2.29. The summed E-state index contributed by atoms with van der Waals surface area (Å²) in [5.74, 6) is 0.365. The van der Waals surface area contributed by atoms with Gasteiger partial charge in [-0.05, 0) is 20.3 Å². The minimum atomic E-state index is -1.03. The van der Waals surface area contributed by atoms with Crippen molar-refractivity contribution in [1.29, 1.82) is 0 Å². The van der Waals surface area contributed by atoms with Crippen molar-refractivity contribution in [2.75, 3.05) is 0 Å². The molecule has 2 atom stereocenters. The van der Waals surface area contributed by atoms with E-state index in [1.165, 1.54) is 0 Å². The molecule has 0 saturated heterocycles. The second-order valence-electron chi connectivity index (χ2n) is 5.36. The zero-order valence-corrected chi connectivity index (χ0v) is 11.8. The molecule has 0 radical (unpaired) electrons. The number of nitrogens with two attached hydrogens (primary N) is 2. The monoisotopic (exact) mass is 272 g/mol. The van der Waals surface area contributed by atoms with E-state index in [1.54, 1.807) is 13.1 Å². The number of amides is 1. The minimum Gasteiger partial charge on any atom is -0.368 e. The number of imidazole rings is 1. The van der Waals surface area contributed by atoms with Gasteiger partial charge in [0.15, 0.2) is 0 Å². The topological polar surface area (TPSA) is 86.9 Å². The molecule has 1 aromatic carbocycles. The lowest BCUT2D eigenvalue weighted by Gasteiger charge is -2.26. The van der Waals surface area contributed by atoms with Crippen LogP contribution in [0.4, 0.5) is 0 Å². The molecule has 5 heteroatoms. The third-order valence-electron chi connectivity index (χ3n) is 3.46. The first-order valence-electron chi connectivity index (χ1n) is 6.59. The SMILES string of the molecule is CC(CC(C)(N)C(N)=O)n1ccnc1-c1ccccc1. The van der Waals surface area contributed by atoms with Crippen LogP contribution in [0, 0.1) is 0 Å². The lowest BCUT2D eigenvalue weighted by atomic mass is 9.94. The van der Waals surface area contributed by atoms with Crippen LogP contribution in [0.25, 0.3) is 11.4 Å². The third-order valence-corrected chi connectivity index (χ3v) is 3.46. The van der Waals surface area contributed by atoms with Crippen molar-refractivity contribution in [3.05, 3.63) is 42.7 Å². The van der Waals surface area contributed by atoms with Crippen molar-refractivity contribution in [3.8, 4) is 11.4 Å². The average Bonchev–Trinajstić information content (AvgIpc) is 2.88. The van der Waals surface area contributed by atoms with Gasteiger partial charge in [-0.25, -0.2) is 4.98 Å². The Morgan fingerprint density at radius 3 is 2.65 bits per heavy atom. The van der Waals surface area contributed by atoms with Crippen molar-refractivity contribution in [3.63, 3.8) is 0 Å². The number of benzene rings is 1. The highest BCUT2D eigenvalue weighted by molar-refractivity contribution is 5.83. The fourth-order valence-corrected chi connectivity index (χ4v) is 2.29. The van der Waals surface area contributed by atoms with Crippen LogP contribution in [0.2, 0.25) is 0 Å². The molecule has 106 valence electrons. The van der Waals surface area contributed by atoms with E-state index < -0.39 is 11.4 Å². The molecular formula is C15H20N4O. The largest absolute Gasteiger partial charge is 0.368 e. The molecule has 0 bridgehead atoms. The summed E-state index contributed by atoms with van der Waals surface area (Å²) in [6, 6.07) is 9.92. The molecule has 4 N–H and O–H groups in total.